The van der Waals surface area contributed by atoms with Crippen LogP contribution in [0.5, 0.6) is 5.75 Å². The molecule has 4 aromatic rings. The summed E-state index contributed by atoms with van der Waals surface area (Å²) in [5.74, 6) is 1.29. The van der Waals surface area contributed by atoms with Gasteiger partial charge in [0.15, 0.2) is 9.88 Å². The number of aromatic hydroxyl groups is 1. The summed E-state index contributed by atoms with van der Waals surface area (Å²) in [6.45, 7) is 0. The van der Waals surface area contributed by atoms with Crippen molar-refractivity contribution in [2.24, 2.45) is 5.10 Å². The van der Waals surface area contributed by atoms with Gasteiger partial charge in [0.05, 0.1) is 17.8 Å². The smallest absolute Gasteiger partial charge is 0.200 e. The van der Waals surface area contributed by atoms with Crippen molar-refractivity contribution in [1.82, 2.24) is 9.97 Å². The lowest BCUT2D eigenvalue weighted by Crippen LogP contribution is -2.43. The second-order valence-electron chi connectivity index (χ2n) is 7.59. The molecule has 0 saturated carbocycles. The molecule has 1 unspecified atom stereocenters. The van der Waals surface area contributed by atoms with Crippen molar-refractivity contribution in [3.8, 4) is 5.75 Å². The van der Waals surface area contributed by atoms with Gasteiger partial charge in [0.1, 0.15) is 17.4 Å². The van der Waals surface area contributed by atoms with Crippen LogP contribution in [0.25, 0.3) is 0 Å². The van der Waals surface area contributed by atoms with E-state index >= 15 is 0 Å². The zero-order chi connectivity index (χ0) is 23.5. The van der Waals surface area contributed by atoms with Crippen LogP contribution in [0.3, 0.4) is 0 Å². The van der Waals surface area contributed by atoms with Gasteiger partial charge >= 0.3 is 0 Å². The highest BCUT2D eigenvalue weighted by Crippen LogP contribution is 2.43. The normalized spacial score (nSPS) is 15.1. The summed E-state index contributed by atoms with van der Waals surface area (Å²) in [5, 5.41) is 18.2. The van der Waals surface area contributed by atoms with Gasteiger partial charge in [0.2, 0.25) is 0 Å². The Kier molecular flexibility index (Phi) is 6.03. The van der Waals surface area contributed by atoms with Crippen molar-refractivity contribution in [2.75, 3.05) is 15.6 Å². The van der Waals surface area contributed by atoms with Gasteiger partial charge < -0.3 is 20.3 Å². The lowest BCUT2D eigenvalue weighted by Gasteiger charge is -2.39. The fourth-order valence-corrected chi connectivity index (χ4v) is 4.41. The van der Waals surface area contributed by atoms with E-state index in [1.807, 2.05) is 71.6 Å². The summed E-state index contributed by atoms with van der Waals surface area (Å²) in [6.07, 6.45) is 1.73. The summed E-state index contributed by atoms with van der Waals surface area (Å²) >= 11 is 11.1. The molecule has 1 aliphatic rings. The largest absolute Gasteiger partial charge is 0.508 e. The number of fused-ring (bicyclic) bond motifs is 1. The first-order valence-corrected chi connectivity index (χ1v) is 11.3. The number of benzene rings is 3. The minimum atomic E-state index is -0.361. The van der Waals surface area contributed by atoms with E-state index in [1.54, 1.807) is 24.4 Å². The van der Waals surface area contributed by atoms with Gasteiger partial charge in [0, 0.05) is 11.8 Å². The Morgan fingerprint density at radius 1 is 0.971 bits per heavy atom. The van der Waals surface area contributed by atoms with Crippen molar-refractivity contribution in [2.45, 2.75) is 6.04 Å². The number of phenols is 1. The molecular weight excluding hydrogens is 464 g/mol. The van der Waals surface area contributed by atoms with Gasteiger partial charge in [-0.1, -0.05) is 66.7 Å². The third-order valence-electron chi connectivity index (χ3n) is 5.36. The summed E-state index contributed by atoms with van der Waals surface area (Å²) in [6, 6.07) is 26.4. The zero-order valence-corrected chi connectivity index (χ0v) is 19.5. The highest BCUT2D eigenvalue weighted by atomic mass is 32.1. The first-order valence-electron chi connectivity index (χ1n) is 10.5. The molecule has 9 heteroatoms. The number of aromatic amines is 1. The van der Waals surface area contributed by atoms with E-state index in [0.29, 0.717) is 21.5 Å². The second kappa shape index (κ2) is 9.42. The summed E-state index contributed by atoms with van der Waals surface area (Å²) in [5.41, 5.74) is 6.58. The number of nitrogens with zero attached hydrogens (tertiary/aromatic N) is 3. The zero-order valence-electron chi connectivity index (χ0n) is 17.8. The molecule has 1 atom stereocenters. The van der Waals surface area contributed by atoms with Gasteiger partial charge in [0.25, 0.3) is 0 Å². The molecule has 5 rings (SSSR count). The van der Waals surface area contributed by atoms with Crippen molar-refractivity contribution in [3.63, 3.8) is 0 Å². The van der Waals surface area contributed by atoms with Crippen molar-refractivity contribution >= 4 is 53.1 Å². The molecule has 4 N–H and O–H groups in total. The monoisotopic (exact) mass is 484 g/mol. The predicted octanol–water partition coefficient (Wildman–Crippen LogP) is 5.60. The Hall–Kier alpha value is -4.08. The molecule has 0 bridgehead atoms. The number of aromatic nitrogens is 2. The number of hydrogen-bond donors (Lipinski definition) is 4. The van der Waals surface area contributed by atoms with Crippen LogP contribution in [0.2, 0.25) is 0 Å². The Bertz CT molecular complexity index is 1420. The van der Waals surface area contributed by atoms with Gasteiger partial charge in [-0.25, -0.2) is 4.98 Å². The van der Waals surface area contributed by atoms with Crippen LogP contribution in [-0.4, -0.2) is 26.4 Å². The van der Waals surface area contributed by atoms with Crippen LogP contribution < -0.4 is 15.6 Å². The van der Waals surface area contributed by atoms with Gasteiger partial charge in [-0.05, 0) is 47.7 Å². The molecule has 0 saturated heterocycles. The van der Waals surface area contributed by atoms with Gasteiger partial charge in [-0.2, -0.15) is 5.10 Å². The minimum Gasteiger partial charge on any atom is -0.508 e. The third kappa shape index (κ3) is 4.39. The predicted molar refractivity (Wildman–Crippen MR) is 142 cm³/mol. The molecule has 0 fully saturated rings. The molecule has 0 radical (unpaired) electrons. The van der Waals surface area contributed by atoms with Crippen LogP contribution in [0.4, 0.5) is 17.3 Å². The average molecular weight is 485 g/mol. The molecule has 2 heterocycles. The van der Waals surface area contributed by atoms with Crippen molar-refractivity contribution in [3.05, 3.63) is 106 Å². The maximum Gasteiger partial charge on any atom is 0.200 e. The number of anilines is 3. The molecule has 34 heavy (non-hydrogen) atoms. The van der Waals surface area contributed by atoms with Crippen molar-refractivity contribution in [1.29, 1.82) is 0 Å². The van der Waals surface area contributed by atoms with Crippen LogP contribution in [-0.2, 0) is 0 Å². The third-order valence-corrected chi connectivity index (χ3v) is 5.85. The Labute approximate surface area is 206 Å². The maximum atomic E-state index is 10.1. The number of hydrogen-bond acceptors (Lipinski definition) is 6. The van der Waals surface area contributed by atoms with Crippen LogP contribution >= 0.6 is 24.4 Å². The summed E-state index contributed by atoms with van der Waals surface area (Å²) in [4.78, 5) is 9.59. The highest BCUT2D eigenvalue weighted by molar-refractivity contribution is 7.80. The standard InChI is InChI=1S/C25H20N6OS2/c32-19-13-7-12-18(14-19)31-21(17-10-5-2-6-11-17)20-22(29-25(31)34)27-24(33)28-23(20)30-26-15-16-8-3-1-4-9-16/h1-15,21,32H,(H3,27,28,29,30,33,34)/b26-15+. The molecule has 0 aliphatic carbocycles. The molecule has 7 nitrogen and oxygen atoms in total. The fraction of sp³-hybridized carbons (Fsp3) is 0.0400. The van der Waals surface area contributed by atoms with E-state index in [9.17, 15) is 5.11 Å². The topological polar surface area (TPSA) is 88.6 Å². The van der Waals surface area contributed by atoms with Crippen LogP contribution in [0, 0.1) is 4.77 Å². The number of hydrazone groups is 1. The number of H-pyrrole nitrogens is 1. The number of nitrogens with one attached hydrogen (secondary N) is 3. The Morgan fingerprint density at radius 3 is 2.44 bits per heavy atom. The quantitative estimate of drug-likeness (QED) is 0.167. The molecule has 3 aromatic carbocycles. The van der Waals surface area contributed by atoms with E-state index in [-0.39, 0.29) is 11.8 Å². The van der Waals surface area contributed by atoms with Gasteiger partial charge in [-0.3, -0.25) is 5.43 Å². The van der Waals surface area contributed by atoms with E-state index in [0.717, 1.165) is 22.4 Å². The van der Waals surface area contributed by atoms with Gasteiger partial charge in [-0.15, -0.1) is 0 Å². The van der Waals surface area contributed by atoms with E-state index in [2.05, 4.69) is 25.8 Å². The van der Waals surface area contributed by atoms with Crippen LogP contribution in [0.1, 0.15) is 22.7 Å². The first-order chi connectivity index (χ1) is 16.6. The number of rotatable bonds is 5. The molecule has 0 spiro atoms. The van der Waals surface area contributed by atoms with E-state index < -0.39 is 0 Å². The number of phenolic OH excluding ortho intramolecular Hbond substituents is 1. The Morgan fingerprint density at radius 2 is 1.71 bits per heavy atom. The van der Waals surface area contributed by atoms with Crippen molar-refractivity contribution < 1.29 is 5.11 Å². The molecule has 0 amide bonds. The van der Waals surface area contributed by atoms with Crippen LogP contribution in [0.15, 0.2) is 90.0 Å². The lowest BCUT2D eigenvalue weighted by atomic mass is 9.95. The summed E-state index contributed by atoms with van der Waals surface area (Å²) in [7, 11) is 0. The van der Waals surface area contributed by atoms with E-state index in [4.69, 9.17) is 24.4 Å². The molecular formula is C25H20N6OS2. The molecule has 1 aliphatic heterocycles. The SMILES string of the molecule is Oc1cccc(N2C(=S)Nc3nc(=S)[nH]c(N/N=C/c4ccccc4)c3C2c2ccccc2)c1. The number of thiocarbonyl (C=S) groups is 1. The minimum absolute atomic E-state index is 0.148. The molecule has 1 aromatic heterocycles. The van der Waals surface area contributed by atoms with E-state index in [1.165, 1.54) is 0 Å². The fourth-order valence-electron chi connectivity index (χ4n) is 3.91. The second-order valence-corrected chi connectivity index (χ2v) is 8.37. The maximum absolute atomic E-state index is 10.1. The highest BCUT2D eigenvalue weighted by Gasteiger charge is 2.36. The Balaban J connectivity index is 1.65. The first kappa shape index (κ1) is 21.7. The lowest BCUT2D eigenvalue weighted by molar-refractivity contribution is 0.475. The molecule has 168 valence electrons. The summed E-state index contributed by atoms with van der Waals surface area (Å²) < 4.78 is 0.295. The average Bonchev–Trinajstić information content (AvgIpc) is 2.84.